The number of aliphatic hydroxyl groups is 1. The molecule has 0 saturated carbocycles. The summed E-state index contributed by atoms with van der Waals surface area (Å²) in [6, 6.07) is 7.71. The van der Waals surface area contributed by atoms with E-state index in [0.29, 0.717) is 29.0 Å². The van der Waals surface area contributed by atoms with Crippen molar-refractivity contribution >= 4 is 22.6 Å². The smallest absolute Gasteiger partial charge is 0.152 e. The average Bonchev–Trinajstić information content (AvgIpc) is 2.71. The van der Waals surface area contributed by atoms with E-state index < -0.39 is 6.10 Å². The van der Waals surface area contributed by atoms with Gasteiger partial charge >= 0.3 is 0 Å². The Kier molecular flexibility index (Phi) is 3.72. The zero-order valence-corrected chi connectivity index (χ0v) is 10.7. The molecule has 0 aliphatic heterocycles. The van der Waals surface area contributed by atoms with Crippen LogP contribution >= 0.6 is 11.6 Å². The number of aliphatic hydroxyl groups excluding tert-OH is 1. The van der Waals surface area contributed by atoms with Crippen molar-refractivity contribution in [1.29, 1.82) is 0 Å². The van der Waals surface area contributed by atoms with E-state index in [1.165, 1.54) is 0 Å². The Hall–Kier alpha value is -1.03. The Morgan fingerprint density at radius 2 is 2.18 bits per heavy atom. The number of furan rings is 1. The highest BCUT2D eigenvalue weighted by Gasteiger charge is 2.14. The maximum atomic E-state index is 9.96. The first-order valence-corrected chi connectivity index (χ1v) is 6.05. The number of fused-ring (bicyclic) bond motifs is 1. The van der Waals surface area contributed by atoms with Crippen LogP contribution in [0, 0.1) is 0 Å². The molecule has 1 unspecified atom stereocenters. The van der Waals surface area contributed by atoms with Crippen molar-refractivity contribution in [3.63, 3.8) is 0 Å². The molecule has 0 bridgehead atoms. The van der Waals surface area contributed by atoms with Gasteiger partial charge in [0.2, 0.25) is 0 Å². The van der Waals surface area contributed by atoms with Gasteiger partial charge in [0.05, 0.1) is 5.02 Å². The molecule has 2 N–H and O–H groups in total. The van der Waals surface area contributed by atoms with Crippen LogP contribution in [0.1, 0.15) is 25.7 Å². The van der Waals surface area contributed by atoms with Crippen LogP contribution in [0.5, 0.6) is 0 Å². The van der Waals surface area contributed by atoms with E-state index in [0.717, 1.165) is 5.39 Å². The average molecular weight is 254 g/mol. The predicted molar refractivity (Wildman–Crippen MR) is 69.3 cm³/mol. The van der Waals surface area contributed by atoms with Gasteiger partial charge in [-0.3, -0.25) is 0 Å². The summed E-state index contributed by atoms with van der Waals surface area (Å²) in [5, 5.41) is 14.6. The van der Waals surface area contributed by atoms with Crippen molar-refractivity contribution in [3.05, 3.63) is 35.0 Å². The Bertz CT molecular complexity index is 507. The molecule has 0 aliphatic rings. The van der Waals surface area contributed by atoms with E-state index in [4.69, 9.17) is 16.0 Å². The second-order valence-corrected chi connectivity index (χ2v) is 4.79. The predicted octanol–water partition coefficient (Wildman–Crippen LogP) is 3.12. The van der Waals surface area contributed by atoms with E-state index in [1.807, 2.05) is 32.0 Å². The zero-order valence-electron chi connectivity index (χ0n) is 9.90. The molecule has 0 aliphatic carbocycles. The zero-order chi connectivity index (χ0) is 12.4. The molecule has 1 aromatic carbocycles. The summed E-state index contributed by atoms with van der Waals surface area (Å²) in [5.41, 5.74) is 0.632. The fourth-order valence-electron chi connectivity index (χ4n) is 1.66. The standard InChI is InChI=1S/C13H16ClNO2/c1-8(2)15-7-11(16)12-6-9-4-3-5-10(14)13(9)17-12/h3-6,8,11,15-16H,7H2,1-2H3. The number of halogens is 1. The highest BCUT2D eigenvalue weighted by atomic mass is 35.5. The Morgan fingerprint density at radius 3 is 2.82 bits per heavy atom. The fourth-order valence-corrected chi connectivity index (χ4v) is 1.88. The fraction of sp³-hybridized carbons (Fsp3) is 0.385. The summed E-state index contributed by atoms with van der Waals surface area (Å²) in [4.78, 5) is 0. The van der Waals surface area contributed by atoms with Crippen molar-refractivity contribution in [3.8, 4) is 0 Å². The maximum absolute atomic E-state index is 9.96. The van der Waals surface area contributed by atoms with Crippen molar-refractivity contribution in [2.75, 3.05) is 6.54 Å². The molecular weight excluding hydrogens is 238 g/mol. The lowest BCUT2D eigenvalue weighted by Crippen LogP contribution is -2.27. The number of rotatable bonds is 4. The van der Waals surface area contributed by atoms with E-state index in [2.05, 4.69) is 5.32 Å². The first-order chi connectivity index (χ1) is 8.08. The van der Waals surface area contributed by atoms with E-state index in [9.17, 15) is 5.11 Å². The number of para-hydroxylation sites is 1. The van der Waals surface area contributed by atoms with Crippen LogP contribution in [-0.2, 0) is 0 Å². The normalized spacial score (nSPS) is 13.5. The third-order valence-corrected chi connectivity index (χ3v) is 2.86. The minimum absolute atomic E-state index is 0.331. The molecule has 2 aromatic rings. The second-order valence-electron chi connectivity index (χ2n) is 4.39. The van der Waals surface area contributed by atoms with Crippen molar-refractivity contribution < 1.29 is 9.52 Å². The molecule has 3 nitrogen and oxygen atoms in total. The quantitative estimate of drug-likeness (QED) is 0.880. The van der Waals surface area contributed by atoms with Gasteiger partial charge in [-0.05, 0) is 12.1 Å². The van der Waals surface area contributed by atoms with Gasteiger partial charge in [-0.15, -0.1) is 0 Å². The summed E-state index contributed by atoms with van der Waals surface area (Å²) >= 11 is 6.01. The molecule has 0 spiro atoms. The number of hydrogen-bond donors (Lipinski definition) is 2. The van der Waals surface area contributed by atoms with E-state index in [-0.39, 0.29) is 0 Å². The topological polar surface area (TPSA) is 45.4 Å². The Labute approximate surface area is 105 Å². The molecule has 0 amide bonds. The number of benzene rings is 1. The van der Waals surface area contributed by atoms with Crippen LogP contribution in [0.25, 0.3) is 11.0 Å². The van der Waals surface area contributed by atoms with Gasteiger partial charge in [-0.2, -0.15) is 0 Å². The summed E-state index contributed by atoms with van der Waals surface area (Å²) in [6.07, 6.45) is -0.652. The largest absolute Gasteiger partial charge is 0.457 e. The van der Waals surface area contributed by atoms with Crippen molar-refractivity contribution in [2.45, 2.75) is 26.0 Å². The number of nitrogens with one attached hydrogen (secondary N) is 1. The van der Waals surface area contributed by atoms with Gasteiger partial charge in [0.25, 0.3) is 0 Å². The minimum atomic E-state index is -0.652. The Morgan fingerprint density at radius 1 is 1.41 bits per heavy atom. The first-order valence-electron chi connectivity index (χ1n) is 5.67. The van der Waals surface area contributed by atoms with E-state index >= 15 is 0 Å². The molecule has 92 valence electrons. The molecule has 1 atom stereocenters. The van der Waals surface area contributed by atoms with Crippen molar-refractivity contribution in [1.82, 2.24) is 5.32 Å². The highest BCUT2D eigenvalue weighted by Crippen LogP contribution is 2.29. The van der Waals surface area contributed by atoms with E-state index in [1.54, 1.807) is 6.07 Å². The van der Waals surface area contributed by atoms with Gasteiger partial charge in [-0.1, -0.05) is 37.6 Å². The summed E-state index contributed by atoms with van der Waals surface area (Å²) in [5.74, 6) is 0.543. The van der Waals surface area contributed by atoms with Gasteiger partial charge in [-0.25, -0.2) is 0 Å². The van der Waals surface area contributed by atoms with Crippen LogP contribution in [0.3, 0.4) is 0 Å². The Balaban J connectivity index is 2.21. The molecule has 1 heterocycles. The second kappa shape index (κ2) is 5.08. The van der Waals surface area contributed by atoms with Crippen LogP contribution in [0.4, 0.5) is 0 Å². The van der Waals surface area contributed by atoms with Crippen LogP contribution < -0.4 is 5.32 Å². The van der Waals surface area contributed by atoms with Gasteiger partial charge in [0.1, 0.15) is 11.9 Å². The van der Waals surface area contributed by atoms with Crippen LogP contribution in [0.15, 0.2) is 28.7 Å². The van der Waals surface area contributed by atoms with Crippen LogP contribution in [0.2, 0.25) is 5.02 Å². The lowest BCUT2D eigenvalue weighted by molar-refractivity contribution is 0.147. The molecular formula is C13H16ClNO2. The van der Waals surface area contributed by atoms with Gasteiger partial charge in [0.15, 0.2) is 5.58 Å². The lowest BCUT2D eigenvalue weighted by Gasteiger charge is -2.11. The molecule has 2 rings (SSSR count). The van der Waals surface area contributed by atoms with Gasteiger partial charge in [0, 0.05) is 18.0 Å². The first kappa shape index (κ1) is 12.4. The monoisotopic (exact) mass is 253 g/mol. The van der Waals surface area contributed by atoms with Crippen molar-refractivity contribution in [2.24, 2.45) is 0 Å². The molecule has 0 radical (unpaired) electrons. The number of hydrogen-bond acceptors (Lipinski definition) is 3. The summed E-state index contributed by atoms with van der Waals surface area (Å²) in [7, 11) is 0. The summed E-state index contributed by atoms with van der Waals surface area (Å²) < 4.78 is 5.57. The lowest BCUT2D eigenvalue weighted by atomic mass is 10.2. The third kappa shape index (κ3) is 2.80. The molecule has 0 fully saturated rings. The molecule has 0 saturated heterocycles. The minimum Gasteiger partial charge on any atom is -0.457 e. The van der Waals surface area contributed by atoms with Gasteiger partial charge < -0.3 is 14.8 Å². The molecule has 4 heteroatoms. The summed E-state index contributed by atoms with van der Waals surface area (Å²) in [6.45, 7) is 4.53. The SMILES string of the molecule is CC(C)NCC(O)c1cc2cccc(Cl)c2o1. The maximum Gasteiger partial charge on any atom is 0.152 e. The molecule has 1 aromatic heterocycles. The molecule has 17 heavy (non-hydrogen) atoms. The highest BCUT2D eigenvalue weighted by molar-refractivity contribution is 6.34. The third-order valence-electron chi connectivity index (χ3n) is 2.56. The van der Waals surface area contributed by atoms with Crippen LogP contribution in [-0.4, -0.2) is 17.7 Å².